The van der Waals surface area contributed by atoms with Crippen LogP contribution in [0.1, 0.15) is 28.7 Å². The third-order valence-electron chi connectivity index (χ3n) is 5.65. The number of phenols is 1. The van der Waals surface area contributed by atoms with Crippen LogP contribution in [-0.4, -0.2) is 52.3 Å². The van der Waals surface area contributed by atoms with Gasteiger partial charge in [0.15, 0.2) is 0 Å². The molecule has 138 valence electrons. The molecule has 2 aromatic carbocycles. The lowest BCUT2D eigenvalue weighted by Crippen LogP contribution is -2.42. The van der Waals surface area contributed by atoms with E-state index < -0.39 is 0 Å². The molecule has 4 nitrogen and oxygen atoms in total. The molecule has 0 aromatic heterocycles. The van der Waals surface area contributed by atoms with E-state index in [1.807, 2.05) is 12.1 Å². The molecule has 2 aliphatic heterocycles. The van der Waals surface area contributed by atoms with E-state index in [0.717, 1.165) is 52.0 Å². The molecule has 2 aromatic rings. The summed E-state index contributed by atoms with van der Waals surface area (Å²) in [5, 5.41) is 20.3. The number of phenolic OH excluding ortho intramolecular Hbond substituents is 1. The fourth-order valence-corrected chi connectivity index (χ4v) is 4.33. The van der Waals surface area contributed by atoms with Crippen LogP contribution in [0.3, 0.4) is 0 Å². The summed E-state index contributed by atoms with van der Waals surface area (Å²) < 4.78 is 0. The molecular weight excluding hydrogens is 324 g/mol. The van der Waals surface area contributed by atoms with Gasteiger partial charge in [-0.2, -0.15) is 0 Å². The van der Waals surface area contributed by atoms with Crippen molar-refractivity contribution >= 4 is 0 Å². The Kier molecular flexibility index (Phi) is 5.25. The zero-order chi connectivity index (χ0) is 17.9. The van der Waals surface area contributed by atoms with E-state index in [1.165, 1.54) is 22.3 Å². The number of aliphatic hydroxyl groups is 1. The second kappa shape index (κ2) is 7.78. The predicted molar refractivity (Wildman–Crippen MR) is 103 cm³/mol. The second-order valence-corrected chi connectivity index (χ2v) is 7.70. The van der Waals surface area contributed by atoms with Crippen molar-refractivity contribution in [2.45, 2.75) is 38.5 Å². The number of aromatic hydroxyl groups is 1. The van der Waals surface area contributed by atoms with Crippen LogP contribution in [0.4, 0.5) is 0 Å². The summed E-state index contributed by atoms with van der Waals surface area (Å²) in [6.07, 6.45) is 2.81. The highest BCUT2D eigenvalue weighted by Crippen LogP contribution is 2.23. The maximum Gasteiger partial charge on any atom is 0.115 e. The van der Waals surface area contributed by atoms with Crippen LogP contribution in [0.5, 0.6) is 5.75 Å². The third kappa shape index (κ3) is 4.09. The average molecular weight is 352 g/mol. The molecule has 4 heteroatoms. The smallest absolute Gasteiger partial charge is 0.115 e. The maximum atomic E-state index is 10.7. The number of aliphatic hydroxyl groups excluding tert-OH is 1. The minimum atomic E-state index is -0.334. The van der Waals surface area contributed by atoms with Crippen molar-refractivity contribution < 1.29 is 10.2 Å². The number of β-amino-alcohol motifs (C(OH)–C–C–N with tert-alkyl or cyclic N) is 1. The summed E-state index contributed by atoms with van der Waals surface area (Å²) in [4.78, 5) is 4.72. The van der Waals surface area contributed by atoms with Gasteiger partial charge in [0.2, 0.25) is 0 Å². The van der Waals surface area contributed by atoms with Crippen LogP contribution >= 0.6 is 0 Å². The number of benzene rings is 2. The molecule has 2 heterocycles. The van der Waals surface area contributed by atoms with Crippen LogP contribution in [0.15, 0.2) is 42.5 Å². The van der Waals surface area contributed by atoms with Crippen LogP contribution in [0, 0.1) is 0 Å². The quantitative estimate of drug-likeness (QED) is 0.888. The first-order valence-corrected chi connectivity index (χ1v) is 9.68. The van der Waals surface area contributed by atoms with Crippen molar-refractivity contribution in [2.75, 3.05) is 26.2 Å². The standard InChI is InChI=1S/C22H28N2O2/c25-21-8-7-20-14-23(10-3-6-18(20)12-21)15-22(26)16-24-11-9-17-4-1-2-5-19(17)13-24/h1-2,4-5,7-8,12,22,25-26H,3,6,9-11,13-16H2. The molecule has 0 fully saturated rings. The molecule has 4 rings (SSSR count). The fourth-order valence-electron chi connectivity index (χ4n) is 4.33. The molecule has 0 saturated heterocycles. The van der Waals surface area contributed by atoms with Gasteiger partial charge in [-0.15, -0.1) is 0 Å². The lowest BCUT2D eigenvalue weighted by molar-refractivity contribution is 0.0671. The molecule has 0 saturated carbocycles. The van der Waals surface area contributed by atoms with Gasteiger partial charge in [-0.3, -0.25) is 9.80 Å². The number of hydrogen-bond donors (Lipinski definition) is 2. The highest BCUT2D eigenvalue weighted by atomic mass is 16.3. The summed E-state index contributed by atoms with van der Waals surface area (Å²) in [5.74, 6) is 0.350. The van der Waals surface area contributed by atoms with Crippen molar-refractivity contribution in [1.29, 1.82) is 0 Å². The van der Waals surface area contributed by atoms with E-state index in [9.17, 15) is 10.2 Å². The summed E-state index contributed by atoms with van der Waals surface area (Å²) in [5.41, 5.74) is 5.37. The number of rotatable bonds is 4. The van der Waals surface area contributed by atoms with Crippen LogP contribution in [-0.2, 0) is 25.9 Å². The molecule has 2 N–H and O–H groups in total. The Morgan fingerprint density at radius 2 is 1.50 bits per heavy atom. The van der Waals surface area contributed by atoms with E-state index >= 15 is 0 Å². The first-order chi connectivity index (χ1) is 12.7. The number of hydrogen-bond acceptors (Lipinski definition) is 4. The molecule has 0 amide bonds. The Labute approximate surface area is 155 Å². The Morgan fingerprint density at radius 1 is 0.808 bits per heavy atom. The van der Waals surface area contributed by atoms with Gasteiger partial charge in [-0.1, -0.05) is 30.3 Å². The van der Waals surface area contributed by atoms with Gasteiger partial charge in [0.05, 0.1) is 6.10 Å². The van der Waals surface area contributed by atoms with E-state index in [2.05, 4.69) is 34.1 Å². The Balaban J connectivity index is 1.33. The van der Waals surface area contributed by atoms with E-state index in [1.54, 1.807) is 6.07 Å². The molecule has 26 heavy (non-hydrogen) atoms. The monoisotopic (exact) mass is 352 g/mol. The summed E-state index contributed by atoms with van der Waals surface area (Å²) in [7, 11) is 0. The maximum absolute atomic E-state index is 10.7. The van der Waals surface area contributed by atoms with Gasteiger partial charge >= 0.3 is 0 Å². The number of nitrogens with zero attached hydrogens (tertiary/aromatic N) is 2. The Hall–Kier alpha value is -1.88. The lowest BCUT2D eigenvalue weighted by Gasteiger charge is -2.32. The molecule has 0 bridgehead atoms. The molecule has 0 aliphatic carbocycles. The van der Waals surface area contributed by atoms with Crippen molar-refractivity contribution in [1.82, 2.24) is 9.80 Å². The predicted octanol–water partition coefficient (Wildman–Crippen LogP) is 2.56. The minimum absolute atomic E-state index is 0.334. The molecule has 1 atom stereocenters. The Bertz CT molecular complexity index is 762. The molecule has 0 spiro atoms. The molecule has 0 radical (unpaired) electrons. The number of fused-ring (bicyclic) bond motifs is 2. The van der Waals surface area contributed by atoms with Crippen molar-refractivity contribution in [3.8, 4) is 5.75 Å². The summed E-state index contributed by atoms with van der Waals surface area (Å²) in [6, 6.07) is 14.3. The van der Waals surface area contributed by atoms with Crippen LogP contribution in [0.25, 0.3) is 0 Å². The van der Waals surface area contributed by atoms with Crippen LogP contribution < -0.4 is 0 Å². The topological polar surface area (TPSA) is 46.9 Å². The fraction of sp³-hybridized carbons (Fsp3) is 0.455. The van der Waals surface area contributed by atoms with E-state index in [-0.39, 0.29) is 6.10 Å². The van der Waals surface area contributed by atoms with Gasteiger partial charge in [0.1, 0.15) is 5.75 Å². The largest absolute Gasteiger partial charge is 0.508 e. The first-order valence-electron chi connectivity index (χ1n) is 9.68. The first kappa shape index (κ1) is 17.5. The molecule has 1 unspecified atom stereocenters. The van der Waals surface area contributed by atoms with Gasteiger partial charge in [-0.05, 0) is 60.2 Å². The average Bonchev–Trinajstić information content (AvgIpc) is 2.82. The van der Waals surface area contributed by atoms with Gasteiger partial charge in [0, 0.05) is 32.7 Å². The van der Waals surface area contributed by atoms with Crippen molar-refractivity contribution in [3.05, 3.63) is 64.7 Å². The highest BCUT2D eigenvalue weighted by molar-refractivity contribution is 5.35. The summed E-state index contributed by atoms with van der Waals surface area (Å²) >= 11 is 0. The highest BCUT2D eigenvalue weighted by Gasteiger charge is 2.21. The molecule has 2 aliphatic rings. The van der Waals surface area contributed by atoms with Crippen molar-refractivity contribution in [3.63, 3.8) is 0 Å². The van der Waals surface area contributed by atoms with Gasteiger partial charge < -0.3 is 10.2 Å². The Morgan fingerprint density at radius 3 is 2.31 bits per heavy atom. The number of aryl methyl sites for hydroxylation is 1. The third-order valence-corrected chi connectivity index (χ3v) is 5.65. The normalized spacial score (nSPS) is 19.4. The molecular formula is C22H28N2O2. The minimum Gasteiger partial charge on any atom is -0.508 e. The summed E-state index contributed by atoms with van der Waals surface area (Å²) in [6.45, 7) is 5.25. The van der Waals surface area contributed by atoms with Crippen molar-refractivity contribution in [2.24, 2.45) is 0 Å². The zero-order valence-electron chi connectivity index (χ0n) is 15.3. The zero-order valence-corrected chi connectivity index (χ0v) is 15.3. The lowest BCUT2D eigenvalue weighted by atomic mass is 10.00. The SMILES string of the molecule is Oc1ccc2c(c1)CCCN(CC(O)CN1CCc3ccccc3C1)C2. The second-order valence-electron chi connectivity index (χ2n) is 7.70. The van der Waals surface area contributed by atoms with Gasteiger partial charge in [0.25, 0.3) is 0 Å². The van der Waals surface area contributed by atoms with Gasteiger partial charge in [-0.25, -0.2) is 0 Å². The van der Waals surface area contributed by atoms with E-state index in [0.29, 0.717) is 12.3 Å². The van der Waals surface area contributed by atoms with Crippen LogP contribution in [0.2, 0.25) is 0 Å². The van der Waals surface area contributed by atoms with E-state index in [4.69, 9.17) is 0 Å².